The van der Waals surface area contributed by atoms with Gasteiger partial charge in [-0.1, -0.05) is 12.1 Å². The molecule has 2 fully saturated rings. The van der Waals surface area contributed by atoms with Crippen molar-refractivity contribution in [3.05, 3.63) is 42.0 Å². The number of ether oxygens (including phenoxy) is 2. The van der Waals surface area contributed by atoms with E-state index in [1.165, 1.54) is 13.3 Å². The Morgan fingerprint density at radius 1 is 1.09 bits per heavy atom. The molecule has 0 saturated carbocycles. The molecule has 1 N–H and O–H groups in total. The summed E-state index contributed by atoms with van der Waals surface area (Å²) in [5.41, 5.74) is 1.01. The second-order valence-corrected chi connectivity index (χ2v) is 8.75. The molecule has 3 atom stereocenters. The summed E-state index contributed by atoms with van der Waals surface area (Å²) in [5, 5.41) is 2.87. The molecule has 9 heteroatoms. The predicted octanol–water partition coefficient (Wildman–Crippen LogP) is 3.09. The Morgan fingerprint density at radius 2 is 1.76 bits per heavy atom. The molecule has 8 nitrogen and oxygen atoms in total. The molecule has 1 unspecified atom stereocenters. The number of benzene rings is 1. The van der Waals surface area contributed by atoms with Crippen molar-refractivity contribution in [2.75, 3.05) is 43.1 Å². The lowest BCUT2D eigenvalue weighted by Crippen LogP contribution is -2.40. The van der Waals surface area contributed by atoms with Gasteiger partial charge in [0.1, 0.15) is 18.2 Å². The maximum atomic E-state index is 15.4. The van der Waals surface area contributed by atoms with Gasteiger partial charge in [-0.05, 0) is 37.5 Å². The van der Waals surface area contributed by atoms with Crippen LogP contribution in [-0.4, -0.2) is 61.4 Å². The molecule has 2 aliphatic heterocycles. The summed E-state index contributed by atoms with van der Waals surface area (Å²) in [6.07, 6.45) is 4.17. The van der Waals surface area contributed by atoms with Crippen molar-refractivity contribution in [2.24, 2.45) is 0 Å². The number of nitrogens with one attached hydrogen (secondary N) is 1. The van der Waals surface area contributed by atoms with Crippen molar-refractivity contribution in [2.45, 2.75) is 51.4 Å². The average molecular weight is 458 g/mol. The summed E-state index contributed by atoms with van der Waals surface area (Å²) in [5.74, 6) is 0.975. The van der Waals surface area contributed by atoms with Crippen molar-refractivity contribution >= 4 is 17.5 Å². The minimum Gasteiger partial charge on any atom is -0.489 e. The molecule has 33 heavy (non-hydrogen) atoms. The molecular formula is C24H32FN5O3. The van der Waals surface area contributed by atoms with Gasteiger partial charge in [0.25, 0.3) is 0 Å². The molecule has 1 aromatic carbocycles. The summed E-state index contributed by atoms with van der Waals surface area (Å²) in [4.78, 5) is 23.6. The molecule has 1 amide bonds. The molecule has 0 bridgehead atoms. The van der Waals surface area contributed by atoms with Crippen LogP contribution in [0.2, 0.25) is 0 Å². The van der Waals surface area contributed by atoms with Gasteiger partial charge < -0.3 is 24.6 Å². The predicted molar refractivity (Wildman–Crippen MR) is 124 cm³/mol. The second-order valence-electron chi connectivity index (χ2n) is 8.75. The van der Waals surface area contributed by atoms with Crippen LogP contribution < -0.4 is 19.9 Å². The lowest BCUT2D eigenvalue weighted by atomic mass is 10.1. The molecule has 0 aliphatic carbocycles. The van der Waals surface area contributed by atoms with Gasteiger partial charge in [0, 0.05) is 40.1 Å². The lowest BCUT2D eigenvalue weighted by Gasteiger charge is -2.33. The summed E-state index contributed by atoms with van der Waals surface area (Å²) in [7, 11) is 1.69. The van der Waals surface area contributed by atoms with Gasteiger partial charge in [0.05, 0.1) is 18.7 Å². The quantitative estimate of drug-likeness (QED) is 0.684. The van der Waals surface area contributed by atoms with Gasteiger partial charge >= 0.3 is 0 Å². The van der Waals surface area contributed by atoms with Gasteiger partial charge in [-0.3, -0.25) is 4.79 Å². The molecule has 3 heterocycles. The van der Waals surface area contributed by atoms with Crippen molar-refractivity contribution in [1.82, 2.24) is 15.3 Å². The van der Waals surface area contributed by atoms with Crippen LogP contribution in [0.5, 0.6) is 5.75 Å². The number of halogens is 1. The molecule has 1 aromatic heterocycles. The minimum atomic E-state index is -0.383. The zero-order valence-corrected chi connectivity index (χ0v) is 19.5. The number of amides is 1. The number of nitrogens with zero attached hydrogens (tertiary/aromatic N) is 4. The zero-order valence-electron chi connectivity index (χ0n) is 19.5. The topological polar surface area (TPSA) is 79.8 Å². The van der Waals surface area contributed by atoms with Crippen LogP contribution in [0.25, 0.3) is 0 Å². The number of carbonyl (C=O) groups is 1. The van der Waals surface area contributed by atoms with E-state index in [2.05, 4.69) is 15.3 Å². The lowest BCUT2D eigenvalue weighted by molar-refractivity contribution is -0.119. The third kappa shape index (κ3) is 5.52. The first kappa shape index (κ1) is 23.2. The number of carbonyl (C=O) groups excluding carboxylic acids is 1. The van der Waals surface area contributed by atoms with E-state index in [-0.39, 0.29) is 30.0 Å². The number of hydrogen-bond acceptors (Lipinski definition) is 7. The van der Waals surface area contributed by atoms with Crippen LogP contribution in [0.15, 0.2) is 30.6 Å². The monoisotopic (exact) mass is 457 g/mol. The fraction of sp³-hybridized carbons (Fsp3) is 0.542. The Hall–Kier alpha value is -2.94. The highest BCUT2D eigenvalue weighted by atomic mass is 19.1. The van der Waals surface area contributed by atoms with E-state index in [4.69, 9.17) is 9.47 Å². The Balaban J connectivity index is 1.38. The van der Waals surface area contributed by atoms with Crippen LogP contribution in [0.3, 0.4) is 0 Å². The summed E-state index contributed by atoms with van der Waals surface area (Å²) >= 11 is 0. The van der Waals surface area contributed by atoms with Gasteiger partial charge in [-0.2, -0.15) is 4.39 Å². The fourth-order valence-electron chi connectivity index (χ4n) is 4.55. The summed E-state index contributed by atoms with van der Waals surface area (Å²) in [6, 6.07) is 7.65. The maximum absolute atomic E-state index is 15.4. The standard InChI is InChI=1S/C24H32FN5O3/c1-16(28-17(2)31)18-6-8-19(9-7-18)33-21-10-12-30(14-21)24-22(25)23(26-15-27-24)29-11-4-5-20(13-29)32-3/h6-9,15-16,20-21H,4-5,10-14H2,1-3H3,(H,28,31)/t16-,20?,21+/m0/s1. The van der Waals surface area contributed by atoms with E-state index < -0.39 is 0 Å². The van der Waals surface area contributed by atoms with Crippen molar-refractivity contribution in [3.8, 4) is 5.75 Å². The highest BCUT2D eigenvalue weighted by Gasteiger charge is 2.30. The van der Waals surface area contributed by atoms with Crippen LogP contribution in [0.4, 0.5) is 16.0 Å². The van der Waals surface area contributed by atoms with Crippen LogP contribution in [-0.2, 0) is 9.53 Å². The molecular weight excluding hydrogens is 425 g/mol. The van der Waals surface area contributed by atoms with E-state index >= 15 is 4.39 Å². The second kappa shape index (κ2) is 10.3. The third-order valence-electron chi connectivity index (χ3n) is 6.31. The number of piperidine rings is 1. The smallest absolute Gasteiger partial charge is 0.217 e. The average Bonchev–Trinajstić information content (AvgIpc) is 3.27. The number of aromatic nitrogens is 2. The molecule has 4 rings (SSSR count). The Bertz CT molecular complexity index is 958. The SMILES string of the molecule is COC1CCCN(c2ncnc(N3CC[C@@H](Oc4ccc([C@H](C)NC(C)=O)cc4)C3)c2F)C1. The van der Waals surface area contributed by atoms with Gasteiger partial charge in [0.2, 0.25) is 11.7 Å². The van der Waals surface area contributed by atoms with E-state index in [0.717, 1.165) is 37.1 Å². The fourth-order valence-corrected chi connectivity index (χ4v) is 4.55. The van der Waals surface area contributed by atoms with Crippen LogP contribution >= 0.6 is 0 Å². The summed E-state index contributed by atoms with van der Waals surface area (Å²) < 4.78 is 27.0. The van der Waals surface area contributed by atoms with E-state index in [1.54, 1.807) is 7.11 Å². The normalized spacial score (nSPS) is 21.7. The van der Waals surface area contributed by atoms with E-state index in [1.807, 2.05) is 41.0 Å². The molecule has 2 aromatic rings. The van der Waals surface area contributed by atoms with Crippen molar-refractivity contribution in [3.63, 3.8) is 0 Å². The van der Waals surface area contributed by atoms with Crippen LogP contribution in [0, 0.1) is 5.82 Å². The Kier molecular flexibility index (Phi) is 7.27. The number of hydrogen-bond donors (Lipinski definition) is 1. The molecule has 2 saturated heterocycles. The van der Waals surface area contributed by atoms with E-state index in [9.17, 15) is 4.79 Å². The third-order valence-corrected chi connectivity index (χ3v) is 6.31. The number of methoxy groups -OCH3 is 1. The number of rotatable bonds is 7. The maximum Gasteiger partial charge on any atom is 0.217 e. The van der Waals surface area contributed by atoms with Crippen LogP contribution in [0.1, 0.15) is 44.7 Å². The highest BCUT2D eigenvalue weighted by Crippen LogP contribution is 2.30. The molecule has 178 valence electrons. The van der Waals surface area contributed by atoms with Crippen molar-refractivity contribution < 1.29 is 18.7 Å². The van der Waals surface area contributed by atoms with E-state index in [0.29, 0.717) is 31.3 Å². The molecule has 0 spiro atoms. The van der Waals surface area contributed by atoms with Gasteiger partial charge in [0.15, 0.2) is 11.6 Å². The molecule has 0 radical (unpaired) electrons. The van der Waals surface area contributed by atoms with Gasteiger partial charge in [-0.25, -0.2) is 9.97 Å². The first-order valence-corrected chi connectivity index (χ1v) is 11.5. The Morgan fingerprint density at radius 3 is 2.42 bits per heavy atom. The first-order valence-electron chi connectivity index (χ1n) is 11.5. The zero-order chi connectivity index (χ0) is 23.4. The van der Waals surface area contributed by atoms with Crippen molar-refractivity contribution in [1.29, 1.82) is 0 Å². The number of anilines is 2. The Labute approximate surface area is 194 Å². The summed E-state index contributed by atoms with van der Waals surface area (Å²) in [6.45, 7) is 6.05. The molecule has 2 aliphatic rings. The first-order chi connectivity index (χ1) is 15.9. The van der Waals surface area contributed by atoms with Gasteiger partial charge in [-0.15, -0.1) is 0 Å². The largest absolute Gasteiger partial charge is 0.489 e. The minimum absolute atomic E-state index is 0.0608. The highest BCUT2D eigenvalue weighted by molar-refractivity contribution is 5.73.